The highest BCUT2D eigenvalue weighted by atomic mass is 32.2. The molecule has 0 aliphatic carbocycles. The van der Waals surface area contributed by atoms with Crippen LogP contribution in [0.2, 0.25) is 18.1 Å². The van der Waals surface area contributed by atoms with E-state index >= 15 is 0 Å². The quantitative estimate of drug-likeness (QED) is 0.327. The molecule has 0 aromatic rings. The van der Waals surface area contributed by atoms with Crippen molar-refractivity contribution >= 4 is 18.4 Å². The Kier molecular flexibility index (Phi) is 7.82. The molecule has 0 bridgehead atoms. The molecule has 2 saturated heterocycles. The van der Waals surface area contributed by atoms with Gasteiger partial charge in [-0.1, -0.05) is 32.6 Å². The van der Waals surface area contributed by atoms with Gasteiger partial charge in [0.25, 0.3) is 10.1 Å². The maximum atomic E-state index is 11.7. The Balaban J connectivity index is 2.10. The van der Waals surface area contributed by atoms with Crippen molar-refractivity contribution in [1.82, 2.24) is 0 Å². The summed E-state index contributed by atoms with van der Waals surface area (Å²) in [5.41, 5.74) is -0.447. The Morgan fingerprint density at radius 2 is 1.77 bits per heavy atom. The Morgan fingerprint density at radius 3 is 2.26 bits per heavy atom. The van der Waals surface area contributed by atoms with E-state index in [-0.39, 0.29) is 23.9 Å². The number of hydrogen-bond acceptors (Lipinski definition) is 7. The maximum absolute atomic E-state index is 11.7. The summed E-state index contributed by atoms with van der Waals surface area (Å²) in [6.07, 6.45) is 0.626. The van der Waals surface area contributed by atoms with Gasteiger partial charge in [0, 0.05) is 0 Å². The van der Waals surface area contributed by atoms with E-state index in [1.807, 2.05) is 0 Å². The smallest absolute Gasteiger partial charge is 0.265 e. The lowest BCUT2D eigenvalue weighted by atomic mass is 9.97. The molecule has 5 atom stereocenters. The van der Waals surface area contributed by atoms with Crippen molar-refractivity contribution in [3.8, 4) is 11.8 Å². The third-order valence-electron chi connectivity index (χ3n) is 6.49. The second-order valence-corrected chi connectivity index (χ2v) is 17.2. The monoisotopic (exact) mass is 476 g/mol. The molecule has 7 nitrogen and oxygen atoms in total. The van der Waals surface area contributed by atoms with Crippen LogP contribution < -0.4 is 0 Å². The maximum Gasteiger partial charge on any atom is 0.265 e. The molecular formula is C22H40O7SSi. The molecule has 31 heavy (non-hydrogen) atoms. The van der Waals surface area contributed by atoms with Crippen molar-refractivity contribution in [2.24, 2.45) is 0 Å². The number of ether oxygens (including phenoxy) is 3. The van der Waals surface area contributed by atoms with E-state index in [9.17, 15) is 8.42 Å². The van der Waals surface area contributed by atoms with Crippen molar-refractivity contribution in [2.75, 3.05) is 12.9 Å². The lowest BCUT2D eigenvalue weighted by Gasteiger charge is -2.42. The first-order valence-electron chi connectivity index (χ1n) is 10.9. The highest BCUT2D eigenvalue weighted by Crippen LogP contribution is 2.41. The third kappa shape index (κ3) is 7.26. The van der Waals surface area contributed by atoms with Crippen LogP contribution in [-0.4, -0.2) is 65.4 Å². The molecule has 2 rings (SSSR count). The fraction of sp³-hybridized carbons (Fsp3) is 0.909. The molecule has 9 heteroatoms. The van der Waals surface area contributed by atoms with Crippen LogP contribution in [0.3, 0.4) is 0 Å². The van der Waals surface area contributed by atoms with Crippen molar-refractivity contribution in [3.63, 3.8) is 0 Å². The Bertz CT molecular complexity index is 806. The van der Waals surface area contributed by atoms with Crippen molar-refractivity contribution in [2.45, 2.75) is 115 Å². The predicted octanol–water partition coefficient (Wildman–Crippen LogP) is 3.83. The van der Waals surface area contributed by atoms with Crippen molar-refractivity contribution in [1.29, 1.82) is 0 Å². The predicted molar refractivity (Wildman–Crippen MR) is 123 cm³/mol. The standard InChI is InChI=1S/C22H40O7SSi/c1-16(29-31(9,10)20(2,3)4)22(7)14-13-17(26-22)11-12-18(28-30(8,23)24)19-15-25-21(5,6)27-19/h16-19H,13-15H2,1-10H3/t16-,17+,18+,19-,22+/m1/s1. The zero-order chi connectivity index (χ0) is 23.9. The topological polar surface area (TPSA) is 80.3 Å². The molecular weight excluding hydrogens is 436 g/mol. The van der Waals surface area contributed by atoms with Crippen molar-refractivity contribution < 1.29 is 31.2 Å². The van der Waals surface area contributed by atoms with Gasteiger partial charge in [0.05, 0.1) is 24.6 Å². The molecule has 2 aliphatic rings. The molecule has 0 radical (unpaired) electrons. The van der Waals surface area contributed by atoms with Crippen LogP contribution in [-0.2, 0) is 32.9 Å². The van der Waals surface area contributed by atoms with Gasteiger partial charge in [0.15, 0.2) is 20.2 Å². The summed E-state index contributed by atoms with van der Waals surface area (Å²) in [5, 5.41) is 0.114. The zero-order valence-electron chi connectivity index (χ0n) is 20.7. The zero-order valence-corrected chi connectivity index (χ0v) is 22.5. The average Bonchev–Trinajstić information content (AvgIpc) is 3.12. The van der Waals surface area contributed by atoms with Gasteiger partial charge in [0.1, 0.15) is 12.2 Å². The third-order valence-corrected chi connectivity index (χ3v) is 11.6. The van der Waals surface area contributed by atoms with Gasteiger partial charge in [-0.3, -0.25) is 4.18 Å². The lowest BCUT2D eigenvalue weighted by Crippen LogP contribution is -2.50. The minimum atomic E-state index is -3.71. The van der Waals surface area contributed by atoms with Crippen LogP contribution in [0.15, 0.2) is 0 Å². The van der Waals surface area contributed by atoms with Gasteiger partial charge < -0.3 is 18.6 Å². The van der Waals surface area contributed by atoms with Crippen molar-refractivity contribution in [3.05, 3.63) is 0 Å². The van der Waals surface area contributed by atoms with Gasteiger partial charge >= 0.3 is 0 Å². The second-order valence-electron chi connectivity index (χ2n) is 10.9. The largest absolute Gasteiger partial charge is 0.411 e. The summed E-state index contributed by atoms with van der Waals surface area (Å²) in [5.74, 6) is 5.20. The fourth-order valence-electron chi connectivity index (χ4n) is 3.41. The molecule has 0 amide bonds. The van der Waals surface area contributed by atoms with Crippen LogP contribution in [0, 0.1) is 11.8 Å². The van der Waals surface area contributed by atoms with Gasteiger partial charge in [-0.25, -0.2) is 0 Å². The normalized spacial score (nSPS) is 31.2. The van der Waals surface area contributed by atoms with Crippen LogP contribution in [0.5, 0.6) is 0 Å². The minimum Gasteiger partial charge on any atom is -0.411 e. The molecule has 2 aliphatic heterocycles. The summed E-state index contributed by atoms with van der Waals surface area (Å²) >= 11 is 0. The Hall–Kier alpha value is -0.473. The Morgan fingerprint density at radius 1 is 1.16 bits per heavy atom. The van der Waals surface area contributed by atoms with E-state index < -0.39 is 42.0 Å². The van der Waals surface area contributed by atoms with E-state index in [4.69, 9.17) is 22.8 Å². The Labute approximate surface area is 189 Å². The van der Waals surface area contributed by atoms with Crippen LogP contribution in [0.1, 0.15) is 61.3 Å². The van der Waals surface area contributed by atoms with E-state index in [1.165, 1.54) is 0 Å². The minimum absolute atomic E-state index is 0.0735. The highest BCUT2D eigenvalue weighted by molar-refractivity contribution is 7.86. The number of hydrogen-bond donors (Lipinski definition) is 0. The molecule has 0 aromatic carbocycles. The first-order valence-corrected chi connectivity index (χ1v) is 15.6. The van der Waals surface area contributed by atoms with Crippen LogP contribution in [0.25, 0.3) is 0 Å². The molecule has 0 unspecified atom stereocenters. The fourth-order valence-corrected chi connectivity index (χ4v) is 5.45. The first kappa shape index (κ1) is 26.8. The van der Waals surface area contributed by atoms with Crippen LogP contribution in [0.4, 0.5) is 0 Å². The lowest BCUT2D eigenvalue weighted by molar-refractivity contribution is -0.145. The molecule has 0 aromatic heterocycles. The second kappa shape index (κ2) is 9.05. The van der Waals surface area contributed by atoms with E-state index in [1.54, 1.807) is 13.8 Å². The van der Waals surface area contributed by atoms with E-state index in [0.717, 1.165) is 19.1 Å². The SMILES string of the molecule is C[C@@H](O[Si](C)(C)C(C)(C)C)[C@]1(C)CC[C@H](C#C[C@H](OS(C)(=O)=O)[C@H]2COC(C)(C)O2)O1. The van der Waals surface area contributed by atoms with Gasteiger partial charge in [-0.05, 0) is 58.7 Å². The molecule has 0 saturated carbocycles. The van der Waals surface area contributed by atoms with Gasteiger partial charge in [-0.2, -0.15) is 8.42 Å². The summed E-state index contributed by atoms with van der Waals surface area (Å²) in [7, 11) is -5.64. The highest BCUT2D eigenvalue weighted by Gasteiger charge is 2.46. The van der Waals surface area contributed by atoms with E-state index in [0.29, 0.717) is 0 Å². The summed E-state index contributed by atoms with van der Waals surface area (Å²) in [6, 6.07) is 0. The van der Waals surface area contributed by atoms with Gasteiger partial charge in [0.2, 0.25) is 0 Å². The number of rotatable bonds is 6. The molecule has 2 fully saturated rings. The van der Waals surface area contributed by atoms with Gasteiger partial charge in [-0.15, -0.1) is 0 Å². The van der Waals surface area contributed by atoms with E-state index in [2.05, 4.69) is 59.6 Å². The molecule has 0 N–H and O–H groups in total. The molecule has 2 heterocycles. The average molecular weight is 477 g/mol. The first-order chi connectivity index (χ1) is 13.8. The summed E-state index contributed by atoms with van der Waals surface area (Å²) in [6.45, 7) is 19.0. The molecule has 0 spiro atoms. The van der Waals surface area contributed by atoms with Crippen LogP contribution >= 0.6 is 0 Å². The summed E-state index contributed by atoms with van der Waals surface area (Å²) < 4.78 is 52.8. The summed E-state index contributed by atoms with van der Waals surface area (Å²) in [4.78, 5) is 0. The molecule has 180 valence electrons.